The molecule has 2 aromatic carbocycles. The van der Waals surface area contributed by atoms with E-state index in [0.29, 0.717) is 12.1 Å². The van der Waals surface area contributed by atoms with Gasteiger partial charge in [-0.15, -0.1) is 5.10 Å². The summed E-state index contributed by atoms with van der Waals surface area (Å²) in [6.45, 7) is 1.22. The molecule has 0 aliphatic rings. The highest BCUT2D eigenvalue weighted by Gasteiger charge is 2.39. The first-order valence-corrected chi connectivity index (χ1v) is 10.5. The number of methoxy groups -OCH3 is 1. The summed E-state index contributed by atoms with van der Waals surface area (Å²) in [5.41, 5.74) is -1.87. The molecule has 0 radical (unpaired) electrons. The second-order valence-electron chi connectivity index (χ2n) is 7.92. The molecule has 0 spiro atoms. The summed E-state index contributed by atoms with van der Waals surface area (Å²) in [5.74, 6) is -5.44. The molecule has 1 amide bonds. The molecule has 2 aromatic heterocycles. The number of carbonyl (C=O) groups is 1. The number of nitrogens with zero attached hydrogens (tertiary/aromatic N) is 6. The van der Waals surface area contributed by atoms with Crippen LogP contribution in [0.2, 0.25) is 0 Å². The standard InChI is InChI=1S/C23H18F6N6O2/c1-11-19(23(27,28)29)21(34(3)31-11)35-10-16(30-32-35)13-6-5-7-17(20(13)37-4)33(2)22(36)18-14(25)8-12(24)9-15(18)26/h5-10H,1-4H3. The molecule has 0 bridgehead atoms. The first-order valence-electron chi connectivity index (χ1n) is 10.5. The van der Waals surface area contributed by atoms with E-state index in [1.54, 1.807) is 0 Å². The Hall–Kier alpha value is -4.36. The number of anilines is 1. The third-order valence-corrected chi connectivity index (χ3v) is 5.55. The molecule has 2 heterocycles. The van der Waals surface area contributed by atoms with Crippen molar-refractivity contribution < 1.29 is 35.9 Å². The van der Waals surface area contributed by atoms with Crippen molar-refractivity contribution in [3.8, 4) is 22.8 Å². The van der Waals surface area contributed by atoms with Crippen molar-refractivity contribution in [1.82, 2.24) is 24.8 Å². The van der Waals surface area contributed by atoms with Gasteiger partial charge in [0.15, 0.2) is 11.6 Å². The van der Waals surface area contributed by atoms with E-state index in [0.717, 1.165) is 14.3 Å². The van der Waals surface area contributed by atoms with Crippen molar-refractivity contribution in [2.45, 2.75) is 13.1 Å². The summed E-state index contributed by atoms with van der Waals surface area (Å²) in [6.07, 6.45) is -3.49. The molecule has 37 heavy (non-hydrogen) atoms. The van der Waals surface area contributed by atoms with E-state index in [1.165, 1.54) is 52.5 Å². The fourth-order valence-electron chi connectivity index (χ4n) is 3.96. The second-order valence-corrected chi connectivity index (χ2v) is 7.92. The number of hydrogen-bond acceptors (Lipinski definition) is 5. The molecule has 0 aliphatic carbocycles. The topological polar surface area (TPSA) is 78.1 Å². The van der Waals surface area contributed by atoms with E-state index in [4.69, 9.17) is 4.74 Å². The Morgan fingerprint density at radius 3 is 2.35 bits per heavy atom. The third kappa shape index (κ3) is 4.49. The lowest BCUT2D eigenvalue weighted by molar-refractivity contribution is -0.138. The Kier molecular flexibility index (Phi) is 6.44. The second kappa shape index (κ2) is 9.26. The summed E-state index contributed by atoms with van der Waals surface area (Å²) in [6, 6.07) is 5.16. The summed E-state index contributed by atoms with van der Waals surface area (Å²) in [4.78, 5) is 13.8. The van der Waals surface area contributed by atoms with Gasteiger partial charge in [0, 0.05) is 31.8 Å². The summed E-state index contributed by atoms with van der Waals surface area (Å²) < 4.78 is 90.0. The monoisotopic (exact) mass is 524 g/mol. The molecule has 194 valence electrons. The van der Waals surface area contributed by atoms with Crippen LogP contribution in [-0.4, -0.2) is 44.8 Å². The van der Waals surface area contributed by atoms with Crippen LogP contribution in [0, 0.1) is 24.4 Å². The molecule has 0 fully saturated rings. The average Bonchev–Trinajstić information content (AvgIpc) is 3.40. The Balaban J connectivity index is 1.78. The maximum atomic E-state index is 14.2. The number of aryl methyl sites for hydroxylation is 2. The van der Waals surface area contributed by atoms with Crippen molar-refractivity contribution in [2.75, 3.05) is 19.1 Å². The molecule has 4 aromatic rings. The zero-order chi connectivity index (χ0) is 27.2. The predicted molar refractivity (Wildman–Crippen MR) is 119 cm³/mol. The number of alkyl halides is 3. The summed E-state index contributed by atoms with van der Waals surface area (Å²) in [7, 11) is 3.81. The molecule has 4 rings (SSSR count). The van der Waals surface area contributed by atoms with Crippen molar-refractivity contribution >= 4 is 11.6 Å². The third-order valence-electron chi connectivity index (χ3n) is 5.55. The summed E-state index contributed by atoms with van der Waals surface area (Å²) >= 11 is 0. The Bertz CT molecular complexity index is 1490. The molecule has 0 aliphatic heterocycles. The fourth-order valence-corrected chi connectivity index (χ4v) is 3.96. The predicted octanol–water partition coefficient (Wildman–Crippen LogP) is 4.70. The van der Waals surface area contributed by atoms with Gasteiger partial charge in [-0.3, -0.25) is 9.48 Å². The number of ether oxygens (including phenoxy) is 1. The number of amides is 1. The first kappa shape index (κ1) is 25.7. The zero-order valence-corrected chi connectivity index (χ0v) is 19.7. The van der Waals surface area contributed by atoms with Gasteiger partial charge in [0.05, 0.1) is 24.7 Å². The van der Waals surface area contributed by atoms with Crippen LogP contribution in [0.3, 0.4) is 0 Å². The number of carbonyl (C=O) groups excluding carboxylic acids is 1. The molecule has 0 saturated carbocycles. The fraction of sp³-hybridized carbons (Fsp3) is 0.217. The van der Waals surface area contributed by atoms with Crippen molar-refractivity contribution in [3.05, 3.63) is 70.8 Å². The average molecular weight is 524 g/mol. The lowest BCUT2D eigenvalue weighted by Gasteiger charge is -2.22. The Morgan fingerprint density at radius 2 is 1.76 bits per heavy atom. The minimum absolute atomic E-state index is 0.0190. The van der Waals surface area contributed by atoms with E-state index in [2.05, 4.69) is 15.4 Å². The van der Waals surface area contributed by atoms with Gasteiger partial charge in [0.1, 0.15) is 34.3 Å². The molecule has 8 nitrogen and oxygen atoms in total. The van der Waals surface area contributed by atoms with Gasteiger partial charge in [-0.1, -0.05) is 11.3 Å². The van der Waals surface area contributed by atoms with E-state index < -0.39 is 40.7 Å². The van der Waals surface area contributed by atoms with Crippen LogP contribution in [-0.2, 0) is 13.2 Å². The highest BCUT2D eigenvalue weighted by molar-refractivity contribution is 6.07. The lowest BCUT2D eigenvalue weighted by Crippen LogP contribution is -2.28. The van der Waals surface area contributed by atoms with Crippen LogP contribution in [0.25, 0.3) is 17.1 Å². The van der Waals surface area contributed by atoms with Crippen molar-refractivity contribution in [3.63, 3.8) is 0 Å². The minimum atomic E-state index is -4.70. The van der Waals surface area contributed by atoms with Gasteiger partial charge < -0.3 is 9.64 Å². The summed E-state index contributed by atoms with van der Waals surface area (Å²) in [5, 5.41) is 11.6. The molecular formula is C23H18F6N6O2. The largest absolute Gasteiger partial charge is 0.494 e. The van der Waals surface area contributed by atoms with Gasteiger partial charge >= 0.3 is 6.18 Å². The van der Waals surface area contributed by atoms with Gasteiger partial charge in [-0.2, -0.15) is 18.3 Å². The molecule has 14 heteroatoms. The normalized spacial score (nSPS) is 11.6. The van der Waals surface area contributed by atoms with Crippen LogP contribution < -0.4 is 9.64 Å². The molecule has 0 unspecified atom stereocenters. The first-order chi connectivity index (χ1) is 17.3. The number of para-hydroxylation sites is 1. The highest BCUT2D eigenvalue weighted by atomic mass is 19.4. The number of rotatable bonds is 5. The van der Waals surface area contributed by atoms with Gasteiger partial charge in [0.25, 0.3) is 5.91 Å². The molecule has 0 atom stereocenters. The van der Waals surface area contributed by atoms with Crippen LogP contribution in [0.1, 0.15) is 21.6 Å². The molecule has 0 N–H and O–H groups in total. The Morgan fingerprint density at radius 1 is 1.11 bits per heavy atom. The van der Waals surface area contributed by atoms with E-state index >= 15 is 0 Å². The smallest absolute Gasteiger partial charge is 0.421 e. The zero-order valence-electron chi connectivity index (χ0n) is 19.7. The number of hydrogen-bond donors (Lipinski definition) is 0. The van der Waals surface area contributed by atoms with Crippen LogP contribution >= 0.6 is 0 Å². The molecule has 0 saturated heterocycles. The van der Waals surface area contributed by atoms with Crippen molar-refractivity contribution in [2.24, 2.45) is 7.05 Å². The molecular weight excluding hydrogens is 506 g/mol. The van der Waals surface area contributed by atoms with Gasteiger partial charge in [0.2, 0.25) is 0 Å². The maximum absolute atomic E-state index is 14.2. The number of benzene rings is 2. The lowest BCUT2D eigenvalue weighted by atomic mass is 10.1. The van der Waals surface area contributed by atoms with Crippen molar-refractivity contribution in [1.29, 1.82) is 0 Å². The van der Waals surface area contributed by atoms with E-state index in [-0.39, 0.29) is 34.2 Å². The quantitative estimate of drug-likeness (QED) is 0.354. The van der Waals surface area contributed by atoms with E-state index in [1.807, 2.05) is 0 Å². The minimum Gasteiger partial charge on any atom is -0.494 e. The maximum Gasteiger partial charge on any atom is 0.421 e. The Labute approximate surface area is 205 Å². The highest BCUT2D eigenvalue weighted by Crippen LogP contribution is 2.39. The van der Waals surface area contributed by atoms with Gasteiger partial charge in [-0.25, -0.2) is 17.9 Å². The van der Waals surface area contributed by atoms with E-state index in [9.17, 15) is 31.1 Å². The van der Waals surface area contributed by atoms with Crippen LogP contribution in [0.5, 0.6) is 5.75 Å². The SMILES string of the molecule is COc1c(-c2cn(-c3c(C(F)(F)F)c(C)nn3C)nn2)cccc1N(C)C(=O)c1c(F)cc(F)cc1F. The van der Waals surface area contributed by atoms with Crippen LogP contribution in [0.15, 0.2) is 36.5 Å². The number of halogens is 6. The number of aromatic nitrogens is 5. The van der Waals surface area contributed by atoms with Crippen LogP contribution in [0.4, 0.5) is 32.0 Å². The van der Waals surface area contributed by atoms with Gasteiger partial charge in [-0.05, 0) is 19.1 Å².